The number of benzene rings is 2. The maximum Gasteiger partial charge on any atom is 0.346 e. The van der Waals surface area contributed by atoms with Gasteiger partial charge in [0, 0.05) is 4.47 Å². The third-order valence-corrected chi connectivity index (χ3v) is 6.67. The molecule has 0 aliphatic carbocycles. The second-order valence-corrected chi connectivity index (χ2v) is 9.88. The van der Waals surface area contributed by atoms with Crippen LogP contribution in [-0.4, -0.2) is 19.7 Å². The average Bonchev–Trinajstić information content (AvgIpc) is 2.73. The Morgan fingerprint density at radius 2 is 1.84 bits per heavy atom. The average molecular weight is 505 g/mol. The van der Waals surface area contributed by atoms with Gasteiger partial charge in [-0.1, -0.05) is 33.8 Å². The Morgan fingerprint density at radius 3 is 2.50 bits per heavy atom. The van der Waals surface area contributed by atoms with Gasteiger partial charge in [0.25, 0.3) is 0 Å². The van der Waals surface area contributed by atoms with Crippen molar-refractivity contribution in [3.8, 4) is 23.0 Å². The molecule has 6 heteroatoms. The van der Waals surface area contributed by atoms with Crippen molar-refractivity contribution in [3.05, 3.63) is 44.9 Å². The molecule has 2 aromatic rings. The van der Waals surface area contributed by atoms with Crippen LogP contribution in [-0.2, 0) is 17.8 Å². The van der Waals surface area contributed by atoms with E-state index in [2.05, 4.69) is 43.6 Å². The summed E-state index contributed by atoms with van der Waals surface area (Å²) in [6, 6.07) is 5.76. The highest BCUT2D eigenvalue weighted by Gasteiger charge is 2.29. The number of aryl methyl sites for hydroxylation is 2. The monoisotopic (exact) mass is 504 g/mol. The van der Waals surface area contributed by atoms with Crippen LogP contribution in [0.15, 0.2) is 22.7 Å². The van der Waals surface area contributed by atoms with Gasteiger partial charge >= 0.3 is 5.97 Å². The standard InChI is InChI=1S/C26H33BrO5/c1-15(2)7-8-18-9-10-20-22(24(18)29-6)26(28)31-14-19-23(27)17(5)13-21(25(19)32-20)30-12-11-16(3)4/h9-10,13,15-16H,7-8,11-12,14H2,1-6H3. The van der Waals surface area contributed by atoms with Crippen molar-refractivity contribution in [1.82, 2.24) is 0 Å². The van der Waals surface area contributed by atoms with E-state index in [1.807, 2.05) is 25.1 Å². The van der Waals surface area contributed by atoms with E-state index in [4.69, 9.17) is 18.9 Å². The minimum atomic E-state index is -0.454. The zero-order chi connectivity index (χ0) is 23.4. The molecule has 2 aromatic carbocycles. The number of carbonyl (C=O) groups is 1. The van der Waals surface area contributed by atoms with Crippen LogP contribution < -0.4 is 14.2 Å². The summed E-state index contributed by atoms with van der Waals surface area (Å²) in [4.78, 5) is 13.0. The molecule has 1 aliphatic rings. The molecule has 0 radical (unpaired) electrons. The summed E-state index contributed by atoms with van der Waals surface area (Å²) in [6.45, 7) is 11.3. The molecule has 0 spiro atoms. The first kappa shape index (κ1) is 24.4. The molecule has 0 bridgehead atoms. The van der Waals surface area contributed by atoms with Gasteiger partial charge in [-0.25, -0.2) is 4.79 Å². The minimum Gasteiger partial charge on any atom is -0.495 e. The lowest BCUT2D eigenvalue weighted by Crippen LogP contribution is -2.15. The lowest BCUT2D eigenvalue weighted by atomic mass is 9.99. The van der Waals surface area contributed by atoms with Crippen molar-refractivity contribution in [1.29, 1.82) is 0 Å². The molecule has 0 N–H and O–H groups in total. The molecule has 32 heavy (non-hydrogen) atoms. The normalized spacial score (nSPS) is 13.1. The number of cyclic esters (lactones) is 1. The Kier molecular flexibility index (Phi) is 8.10. The molecule has 0 saturated carbocycles. The van der Waals surface area contributed by atoms with Crippen molar-refractivity contribution in [2.45, 2.75) is 60.5 Å². The Bertz CT molecular complexity index is 981. The smallest absolute Gasteiger partial charge is 0.346 e. The van der Waals surface area contributed by atoms with Crippen LogP contribution in [0.1, 0.15) is 67.6 Å². The van der Waals surface area contributed by atoms with Crippen molar-refractivity contribution in [3.63, 3.8) is 0 Å². The maximum absolute atomic E-state index is 13.0. The molecule has 0 amide bonds. The minimum absolute atomic E-state index is 0.0792. The van der Waals surface area contributed by atoms with Crippen LogP contribution in [0, 0.1) is 18.8 Å². The molecule has 0 saturated heterocycles. The SMILES string of the molecule is COc1c(CCC(C)C)ccc2c1C(=O)OCc1c(Br)c(C)cc(OCCC(C)C)c1O2. The van der Waals surface area contributed by atoms with Crippen molar-refractivity contribution in [2.75, 3.05) is 13.7 Å². The van der Waals surface area contributed by atoms with Gasteiger partial charge in [0.15, 0.2) is 11.5 Å². The van der Waals surface area contributed by atoms with E-state index in [0.29, 0.717) is 47.0 Å². The van der Waals surface area contributed by atoms with Gasteiger partial charge in [0.1, 0.15) is 23.7 Å². The molecule has 0 fully saturated rings. The fourth-order valence-corrected chi connectivity index (χ4v) is 4.05. The Morgan fingerprint density at radius 1 is 1.12 bits per heavy atom. The summed E-state index contributed by atoms with van der Waals surface area (Å²) in [5.74, 6) is 2.76. The van der Waals surface area contributed by atoms with Crippen molar-refractivity contribution >= 4 is 21.9 Å². The molecule has 1 aliphatic heterocycles. The zero-order valence-corrected chi connectivity index (χ0v) is 21.4. The number of hydrogen-bond donors (Lipinski definition) is 0. The van der Waals surface area contributed by atoms with Gasteiger partial charge < -0.3 is 18.9 Å². The Hall–Kier alpha value is -2.21. The molecule has 1 heterocycles. The lowest BCUT2D eigenvalue weighted by molar-refractivity contribution is 0.0453. The number of halogens is 1. The van der Waals surface area contributed by atoms with Crippen LogP contribution in [0.25, 0.3) is 0 Å². The van der Waals surface area contributed by atoms with Crippen LogP contribution in [0.5, 0.6) is 23.0 Å². The number of ether oxygens (including phenoxy) is 4. The maximum atomic E-state index is 13.0. The molecule has 0 atom stereocenters. The first-order valence-corrected chi connectivity index (χ1v) is 12.0. The highest BCUT2D eigenvalue weighted by Crippen LogP contribution is 2.46. The number of esters is 1. The quantitative estimate of drug-likeness (QED) is 0.354. The first-order valence-electron chi connectivity index (χ1n) is 11.2. The predicted octanol–water partition coefficient (Wildman–Crippen LogP) is 7.24. The van der Waals surface area contributed by atoms with Crippen molar-refractivity contribution in [2.24, 2.45) is 11.8 Å². The number of fused-ring (bicyclic) bond motifs is 2. The van der Waals surface area contributed by atoms with E-state index >= 15 is 0 Å². The fraction of sp³-hybridized carbons (Fsp3) is 0.500. The van der Waals surface area contributed by atoms with Crippen LogP contribution in [0.2, 0.25) is 0 Å². The lowest BCUT2D eigenvalue weighted by Gasteiger charge is -2.24. The highest BCUT2D eigenvalue weighted by atomic mass is 79.9. The summed E-state index contributed by atoms with van der Waals surface area (Å²) in [5.41, 5.74) is 3.04. The van der Waals surface area contributed by atoms with Gasteiger partial charge in [-0.05, 0) is 77.2 Å². The van der Waals surface area contributed by atoms with Crippen LogP contribution in [0.4, 0.5) is 0 Å². The second kappa shape index (κ2) is 10.6. The zero-order valence-electron chi connectivity index (χ0n) is 19.8. The molecule has 174 valence electrons. The molecular formula is C26H33BrO5. The third kappa shape index (κ3) is 5.40. The number of methoxy groups -OCH3 is 1. The van der Waals surface area contributed by atoms with Gasteiger partial charge in [-0.3, -0.25) is 0 Å². The summed E-state index contributed by atoms with van der Waals surface area (Å²) in [7, 11) is 1.58. The predicted molar refractivity (Wildman–Crippen MR) is 129 cm³/mol. The van der Waals surface area contributed by atoms with Crippen LogP contribution >= 0.6 is 15.9 Å². The van der Waals surface area contributed by atoms with E-state index in [1.54, 1.807) is 7.11 Å². The number of rotatable bonds is 8. The summed E-state index contributed by atoms with van der Waals surface area (Å²) in [6.07, 6.45) is 2.74. The van der Waals surface area contributed by atoms with E-state index in [0.717, 1.165) is 40.4 Å². The largest absolute Gasteiger partial charge is 0.495 e. The number of carbonyl (C=O) groups excluding carboxylic acids is 1. The van der Waals surface area contributed by atoms with Gasteiger partial charge in [0.05, 0.1) is 19.3 Å². The summed E-state index contributed by atoms with van der Waals surface area (Å²) in [5, 5.41) is 0. The van der Waals surface area contributed by atoms with Crippen molar-refractivity contribution < 1.29 is 23.7 Å². The summed E-state index contributed by atoms with van der Waals surface area (Å²) < 4.78 is 24.7. The third-order valence-electron chi connectivity index (χ3n) is 5.57. The topological polar surface area (TPSA) is 54.0 Å². The fourth-order valence-electron chi connectivity index (χ4n) is 3.64. The molecule has 5 nitrogen and oxygen atoms in total. The highest BCUT2D eigenvalue weighted by molar-refractivity contribution is 9.10. The van der Waals surface area contributed by atoms with Gasteiger partial charge in [-0.15, -0.1) is 0 Å². The van der Waals surface area contributed by atoms with E-state index < -0.39 is 5.97 Å². The van der Waals surface area contributed by atoms with Crippen LogP contribution in [0.3, 0.4) is 0 Å². The molecule has 0 unspecified atom stereocenters. The van der Waals surface area contributed by atoms with Gasteiger partial charge in [0.2, 0.25) is 0 Å². The Labute approximate surface area is 199 Å². The van der Waals surface area contributed by atoms with E-state index in [1.165, 1.54) is 0 Å². The molecule has 0 aromatic heterocycles. The number of hydrogen-bond acceptors (Lipinski definition) is 5. The Balaban J connectivity index is 2.07. The van der Waals surface area contributed by atoms with E-state index in [-0.39, 0.29) is 6.61 Å². The second-order valence-electron chi connectivity index (χ2n) is 9.09. The molecular weight excluding hydrogens is 472 g/mol. The van der Waals surface area contributed by atoms with E-state index in [9.17, 15) is 4.79 Å². The summed E-state index contributed by atoms with van der Waals surface area (Å²) >= 11 is 3.63. The first-order chi connectivity index (χ1) is 15.2. The van der Waals surface area contributed by atoms with Gasteiger partial charge in [-0.2, -0.15) is 0 Å². The molecule has 3 rings (SSSR count).